The summed E-state index contributed by atoms with van der Waals surface area (Å²) >= 11 is 0. The van der Waals surface area contributed by atoms with E-state index in [2.05, 4.69) is 49.2 Å². The SMILES string of the molecule is C=C[C@@H]1C[C@]1(CC(=O)[C@@H]1C[C@@]2(CN1C(=O)[C@@H](CC(=O)[C@@H](NC(=O)[C@@H]1CCN1C(C)C)C(C)(C)C)C(C)(C)C)C(C)(C)C21CCC1)C(=O)NS(=O)(=O)N1CCCC1. The zero-order valence-electron chi connectivity index (χ0n) is 35.8. The molecule has 0 bridgehead atoms. The van der Waals surface area contributed by atoms with Gasteiger partial charge < -0.3 is 10.2 Å². The molecule has 6 aliphatic rings. The highest BCUT2D eigenvalue weighted by Crippen LogP contribution is 2.88. The van der Waals surface area contributed by atoms with Crippen LogP contribution in [-0.2, 0) is 34.2 Å². The fourth-order valence-electron chi connectivity index (χ4n) is 11.6. The van der Waals surface area contributed by atoms with Crippen molar-refractivity contribution in [2.45, 2.75) is 158 Å². The van der Waals surface area contributed by atoms with E-state index in [1.165, 1.54) is 4.31 Å². The van der Waals surface area contributed by atoms with Gasteiger partial charge in [0.1, 0.15) is 0 Å². The van der Waals surface area contributed by atoms with Gasteiger partial charge in [0.25, 0.3) is 0 Å². The van der Waals surface area contributed by atoms with Crippen LogP contribution in [-0.4, -0.2) is 102 Å². The van der Waals surface area contributed by atoms with Crippen LogP contribution in [0, 0.1) is 44.3 Å². The average Bonchev–Trinajstić information content (AvgIpc) is 3.51. The Kier molecular flexibility index (Phi) is 10.9. The quantitative estimate of drug-likeness (QED) is 0.232. The van der Waals surface area contributed by atoms with Crippen molar-refractivity contribution in [1.29, 1.82) is 0 Å². The first-order valence-corrected chi connectivity index (χ1v) is 22.6. The van der Waals surface area contributed by atoms with Crippen molar-refractivity contribution in [2.24, 2.45) is 44.3 Å². The van der Waals surface area contributed by atoms with Gasteiger partial charge in [-0.05, 0) is 86.4 Å². The van der Waals surface area contributed by atoms with E-state index in [1.807, 2.05) is 41.5 Å². The van der Waals surface area contributed by atoms with Crippen molar-refractivity contribution in [3.8, 4) is 0 Å². The van der Waals surface area contributed by atoms with Crippen LogP contribution in [0.25, 0.3) is 0 Å². The Morgan fingerprint density at radius 3 is 1.95 bits per heavy atom. The number of hydrogen-bond acceptors (Lipinski definition) is 8. The maximum atomic E-state index is 15.2. The highest BCUT2D eigenvalue weighted by atomic mass is 32.2. The molecular formula is C43H69N5O7S. The Hall–Kier alpha value is -2.64. The van der Waals surface area contributed by atoms with Gasteiger partial charge in [0.15, 0.2) is 11.6 Å². The number of likely N-dealkylation sites (tertiary alicyclic amines) is 2. The number of rotatable bonds is 14. The topological polar surface area (TPSA) is 153 Å². The van der Waals surface area contributed by atoms with Crippen molar-refractivity contribution in [3.05, 3.63) is 12.7 Å². The van der Waals surface area contributed by atoms with Gasteiger partial charge in [0, 0.05) is 56.4 Å². The molecule has 13 heteroatoms. The Morgan fingerprint density at radius 2 is 1.50 bits per heavy atom. The minimum absolute atomic E-state index is 0.0235. The number of carbonyl (C=O) groups excluding carboxylic acids is 5. The second-order valence-corrected chi connectivity index (χ2v) is 22.9. The van der Waals surface area contributed by atoms with Crippen LogP contribution in [0.5, 0.6) is 0 Å². The van der Waals surface area contributed by atoms with Crippen LogP contribution in [0.3, 0.4) is 0 Å². The van der Waals surface area contributed by atoms with Gasteiger partial charge in [-0.15, -0.1) is 6.58 Å². The summed E-state index contributed by atoms with van der Waals surface area (Å²) in [6.45, 7) is 26.0. The molecule has 0 aromatic heterocycles. The highest BCUT2D eigenvalue weighted by molar-refractivity contribution is 7.87. The lowest BCUT2D eigenvalue weighted by Crippen LogP contribution is -2.62. The van der Waals surface area contributed by atoms with E-state index in [1.54, 1.807) is 11.0 Å². The fraction of sp³-hybridized carbons (Fsp3) is 0.837. The molecule has 0 aromatic carbocycles. The minimum atomic E-state index is -4.06. The Balaban J connectivity index is 1.27. The van der Waals surface area contributed by atoms with Gasteiger partial charge in [-0.1, -0.05) is 67.9 Å². The van der Waals surface area contributed by atoms with E-state index in [9.17, 15) is 27.6 Å². The number of allylic oxidation sites excluding steroid dienone is 1. The number of amides is 3. The van der Waals surface area contributed by atoms with E-state index in [4.69, 9.17) is 0 Å². The summed E-state index contributed by atoms with van der Waals surface area (Å²) in [6, 6.07) is -1.72. The molecule has 3 saturated carbocycles. The van der Waals surface area contributed by atoms with Crippen LogP contribution in [0.15, 0.2) is 12.7 Å². The summed E-state index contributed by atoms with van der Waals surface area (Å²) in [6.07, 6.45) is 7.46. The first kappa shape index (κ1) is 43.0. The molecule has 3 saturated heterocycles. The lowest BCUT2D eigenvalue weighted by atomic mass is 9.73. The largest absolute Gasteiger partial charge is 0.344 e. The molecule has 0 unspecified atom stereocenters. The van der Waals surface area contributed by atoms with E-state index < -0.39 is 50.4 Å². The average molecular weight is 800 g/mol. The van der Waals surface area contributed by atoms with Gasteiger partial charge in [-0.25, -0.2) is 4.72 Å². The van der Waals surface area contributed by atoms with E-state index in [0.29, 0.717) is 32.5 Å². The lowest BCUT2D eigenvalue weighted by Gasteiger charge is -2.44. The van der Waals surface area contributed by atoms with Crippen LogP contribution in [0.2, 0.25) is 0 Å². The van der Waals surface area contributed by atoms with Gasteiger partial charge in [0.2, 0.25) is 17.7 Å². The zero-order chi connectivity index (χ0) is 41.6. The molecule has 56 heavy (non-hydrogen) atoms. The Morgan fingerprint density at radius 1 is 0.875 bits per heavy atom. The summed E-state index contributed by atoms with van der Waals surface area (Å²) < 4.78 is 29.9. The Labute approximate surface area is 335 Å². The number of ketones is 2. The van der Waals surface area contributed by atoms with Gasteiger partial charge >= 0.3 is 10.2 Å². The number of Topliss-reactive ketones (excluding diaryl/α,β-unsaturated/α-hetero) is 2. The molecule has 314 valence electrons. The summed E-state index contributed by atoms with van der Waals surface area (Å²) in [5, 5.41) is 3.08. The summed E-state index contributed by atoms with van der Waals surface area (Å²) in [5.74, 6) is -2.73. The van der Waals surface area contributed by atoms with Crippen molar-refractivity contribution in [3.63, 3.8) is 0 Å². The molecule has 3 aliphatic heterocycles. The summed E-state index contributed by atoms with van der Waals surface area (Å²) in [5.41, 5.74) is -2.88. The third kappa shape index (κ3) is 6.90. The second-order valence-electron chi connectivity index (χ2n) is 21.2. The number of nitrogens with zero attached hydrogens (tertiary/aromatic N) is 3. The molecule has 0 aromatic rings. The minimum Gasteiger partial charge on any atom is -0.344 e. The van der Waals surface area contributed by atoms with Gasteiger partial charge in [-0.2, -0.15) is 12.7 Å². The van der Waals surface area contributed by atoms with Crippen molar-refractivity contribution in [2.75, 3.05) is 26.2 Å². The zero-order valence-corrected chi connectivity index (χ0v) is 36.6. The first-order chi connectivity index (χ1) is 25.8. The maximum absolute atomic E-state index is 15.2. The highest BCUT2D eigenvalue weighted by Gasteiger charge is 2.85. The van der Waals surface area contributed by atoms with E-state index in [0.717, 1.165) is 45.1 Å². The van der Waals surface area contributed by atoms with Crippen molar-refractivity contribution in [1.82, 2.24) is 24.1 Å². The predicted molar refractivity (Wildman–Crippen MR) is 215 cm³/mol. The third-order valence-electron chi connectivity index (χ3n) is 15.7. The number of nitrogens with one attached hydrogen (secondary N) is 2. The normalized spacial score (nSPS) is 32.1. The van der Waals surface area contributed by atoms with Crippen molar-refractivity contribution >= 4 is 39.5 Å². The second kappa shape index (κ2) is 14.3. The molecule has 3 heterocycles. The molecule has 3 aliphatic carbocycles. The molecule has 6 rings (SSSR count). The van der Waals surface area contributed by atoms with Crippen LogP contribution in [0.1, 0.15) is 133 Å². The van der Waals surface area contributed by atoms with Crippen LogP contribution in [0.4, 0.5) is 0 Å². The first-order valence-electron chi connectivity index (χ1n) is 21.2. The molecular weight excluding hydrogens is 731 g/mol. The Bertz CT molecular complexity index is 1750. The fourth-order valence-corrected chi connectivity index (χ4v) is 12.9. The van der Waals surface area contributed by atoms with Gasteiger partial charge in [0.05, 0.1) is 23.5 Å². The molecule has 12 nitrogen and oxygen atoms in total. The van der Waals surface area contributed by atoms with E-state index in [-0.39, 0.29) is 70.5 Å². The lowest BCUT2D eigenvalue weighted by molar-refractivity contribution is -0.147. The summed E-state index contributed by atoms with van der Waals surface area (Å²) in [4.78, 5) is 75.7. The molecule has 6 fully saturated rings. The smallest absolute Gasteiger partial charge is 0.303 e. The molecule has 3 amide bonds. The van der Waals surface area contributed by atoms with Crippen LogP contribution >= 0.6 is 0 Å². The number of fused-ring (bicyclic) bond motifs is 1. The molecule has 7 atom stereocenters. The summed E-state index contributed by atoms with van der Waals surface area (Å²) in [7, 11) is -4.06. The van der Waals surface area contributed by atoms with Crippen molar-refractivity contribution < 1.29 is 32.4 Å². The van der Waals surface area contributed by atoms with Crippen LogP contribution < -0.4 is 10.0 Å². The predicted octanol–water partition coefficient (Wildman–Crippen LogP) is 5.03. The maximum Gasteiger partial charge on any atom is 0.303 e. The third-order valence-corrected chi connectivity index (χ3v) is 17.2. The molecule has 2 spiro atoms. The molecule has 2 N–H and O–H groups in total. The van der Waals surface area contributed by atoms with Gasteiger partial charge in [-0.3, -0.25) is 28.9 Å². The number of hydrogen-bond donors (Lipinski definition) is 2. The van der Waals surface area contributed by atoms with E-state index >= 15 is 4.79 Å². The monoisotopic (exact) mass is 799 g/mol. The molecule has 0 radical (unpaired) electrons. The number of carbonyl (C=O) groups is 5. The standard InChI is InChI=1S/C43H69N5O7S/c1-12-28-23-41(28,37(53)45-56(54,55)46-19-13-14-20-46)25-33(50)31-24-43(40(10,11)42(43)17-15-18-42)26-48(31)36(52)29(38(4,5)6)22-32(49)34(39(7,8)9)44-35(51)30-16-21-47(30)27(2)3/h12,27-31,34H,1,13-26H2,2-11H3,(H,44,51)(H,45,53)/t28-,29-,30+,31+,34-,41-,43-/m1/s1.